The molecule has 2 aromatic rings. The number of hydrogen-bond donors (Lipinski definition) is 1. The molecule has 0 spiro atoms. The van der Waals surface area contributed by atoms with Crippen molar-refractivity contribution in [2.75, 3.05) is 0 Å². The Bertz CT molecular complexity index is 473. The number of thiophene rings is 1. The lowest BCUT2D eigenvalue weighted by Gasteiger charge is -2.09. The van der Waals surface area contributed by atoms with Crippen LogP contribution in [-0.4, -0.2) is 0 Å². The van der Waals surface area contributed by atoms with Crippen LogP contribution in [-0.2, 0) is 0 Å². The maximum Gasteiger partial charge on any atom is 0.107 e. The summed E-state index contributed by atoms with van der Waals surface area (Å²) in [6.07, 6.45) is 0. The van der Waals surface area contributed by atoms with E-state index >= 15 is 0 Å². The Hall–Kier alpha value is -0.350. The number of benzene rings is 1. The Balaban J connectivity index is 2.31. The van der Waals surface area contributed by atoms with Gasteiger partial charge in [-0.2, -0.15) is 0 Å². The molecule has 0 aliphatic heterocycles. The number of halogens is 2. The second-order valence-electron chi connectivity index (χ2n) is 3.66. The van der Waals surface area contributed by atoms with Crippen LogP contribution >= 0.6 is 38.9 Å². The molecule has 1 nitrogen and oxygen atoms in total. The summed E-state index contributed by atoms with van der Waals surface area (Å²) in [5.74, 6) is 0. The Morgan fingerprint density at radius 3 is 2.44 bits per heavy atom. The summed E-state index contributed by atoms with van der Waals surface area (Å²) in [4.78, 5) is 1.07. The van der Waals surface area contributed by atoms with Crippen molar-refractivity contribution in [3.63, 3.8) is 0 Å². The topological polar surface area (TPSA) is 26.0 Å². The molecular formula is C12H11BrClNS. The lowest BCUT2D eigenvalue weighted by Crippen LogP contribution is -2.09. The van der Waals surface area contributed by atoms with Gasteiger partial charge in [0.15, 0.2) is 0 Å². The highest BCUT2D eigenvalue weighted by atomic mass is 79.9. The van der Waals surface area contributed by atoms with Gasteiger partial charge in [0.1, 0.15) is 4.34 Å². The first-order valence-corrected chi connectivity index (χ1v) is 6.83. The average Bonchev–Trinajstić information content (AvgIpc) is 2.59. The summed E-state index contributed by atoms with van der Waals surface area (Å²) >= 11 is 10.9. The molecule has 0 aliphatic carbocycles. The van der Waals surface area contributed by atoms with Gasteiger partial charge in [0.25, 0.3) is 0 Å². The van der Waals surface area contributed by atoms with Crippen molar-refractivity contribution in [1.82, 2.24) is 0 Å². The molecule has 2 N–H and O–H groups in total. The highest BCUT2D eigenvalue weighted by Gasteiger charge is 2.13. The molecule has 1 aromatic heterocycles. The van der Waals surface area contributed by atoms with E-state index in [-0.39, 0.29) is 6.04 Å². The second-order valence-corrected chi connectivity index (χ2v) is 6.20. The van der Waals surface area contributed by atoms with Gasteiger partial charge in [0, 0.05) is 9.35 Å². The SMILES string of the molecule is Cc1ccc(C(N)c2cc(Br)c(Cl)s2)cc1. The van der Waals surface area contributed by atoms with E-state index in [1.165, 1.54) is 16.9 Å². The van der Waals surface area contributed by atoms with Gasteiger partial charge in [-0.3, -0.25) is 0 Å². The standard InChI is InChI=1S/C12H11BrClNS/c1-7-2-4-8(5-3-7)11(15)10-6-9(13)12(14)16-10/h2-6,11H,15H2,1H3. The molecule has 4 heteroatoms. The molecule has 0 aliphatic rings. The quantitative estimate of drug-likeness (QED) is 0.866. The van der Waals surface area contributed by atoms with Crippen LogP contribution in [0.4, 0.5) is 0 Å². The summed E-state index contributed by atoms with van der Waals surface area (Å²) in [6, 6.07) is 10.1. The maximum atomic E-state index is 6.18. The molecular weight excluding hydrogens is 306 g/mol. The monoisotopic (exact) mass is 315 g/mol. The van der Waals surface area contributed by atoms with Gasteiger partial charge < -0.3 is 5.73 Å². The highest BCUT2D eigenvalue weighted by molar-refractivity contribution is 9.10. The summed E-state index contributed by atoms with van der Waals surface area (Å²) in [7, 11) is 0. The fourth-order valence-electron chi connectivity index (χ4n) is 1.45. The number of hydrogen-bond acceptors (Lipinski definition) is 2. The van der Waals surface area contributed by atoms with E-state index in [2.05, 4.69) is 47.1 Å². The zero-order valence-corrected chi connectivity index (χ0v) is 11.9. The van der Waals surface area contributed by atoms with Crippen LogP contribution < -0.4 is 5.73 Å². The van der Waals surface area contributed by atoms with E-state index in [9.17, 15) is 0 Å². The maximum absolute atomic E-state index is 6.18. The molecule has 0 radical (unpaired) electrons. The number of nitrogens with two attached hydrogens (primary N) is 1. The average molecular weight is 317 g/mol. The Labute approximate surface area is 112 Å². The van der Waals surface area contributed by atoms with Crippen LogP contribution in [0.2, 0.25) is 4.34 Å². The van der Waals surface area contributed by atoms with Crippen molar-refractivity contribution in [2.45, 2.75) is 13.0 Å². The van der Waals surface area contributed by atoms with Gasteiger partial charge in [0.05, 0.1) is 6.04 Å². The van der Waals surface area contributed by atoms with E-state index in [1.54, 1.807) is 0 Å². The van der Waals surface area contributed by atoms with Gasteiger partial charge in [-0.25, -0.2) is 0 Å². The molecule has 0 saturated carbocycles. The summed E-state index contributed by atoms with van der Waals surface area (Å²) in [5, 5.41) is 0. The summed E-state index contributed by atoms with van der Waals surface area (Å²) in [5.41, 5.74) is 8.52. The summed E-state index contributed by atoms with van der Waals surface area (Å²) in [6.45, 7) is 2.06. The zero-order chi connectivity index (χ0) is 11.7. The van der Waals surface area contributed by atoms with Crippen molar-refractivity contribution in [1.29, 1.82) is 0 Å². The van der Waals surface area contributed by atoms with Crippen LogP contribution in [0.5, 0.6) is 0 Å². The molecule has 0 saturated heterocycles. The normalized spacial score (nSPS) is 12.8. The fourth-order valence-corrected chi connectivity index (χ4v) is 3.22. The third kappa shape index (κ3) is 2.48. The first kappa shape index (κ1) is 12.1. The van der Waals surface area contributed by atoms with Crippen molar-refractivity contribution >= 4 is 38.9 Å². The minimum Gasteiger partial charge on any atom is -0.320 e. The molecule has 1 aromatic carbocycles. The van der Waals surface area contributed by atoms with Gasteiger partial charge in [0.2, 0.25) is 0 Å². The fraction of sp³-hybridized carbons (Fsp3) is 0.167. The van der Waals surface area contributed by atoms with Gasteiger partial charge >= 0.3 is 0 Å². The molecule has 2 rings (SSSR count). The van der Waals surface area contributed by atoms with Crippen molar-refractivity contribution in [3.8, 4) is 0 Å². The summed E-state index contributed by atoms with van der Waals surface area (Å²) < 4.78 is 1.66. The predicted molar refractivity (Wildman–Crippen MR) is 74.2 cm³/mol. The van der Waals surface area contributed by atoms with E-state index in [4.69, 9.17) is 17.3 Å². The molecule has 1 heterocycles. The molecule has 0 amide bonds. The molecule has 84 valence electrons. The van der Waals surface area contributed by atoms with E-state index in [1.807, 2.05) is 6.07 Å². The lowest BCUT2D eigenvalue weighted by molar-refractivity contribution is 0.892. The first-order valence-electron chi connectivity index (χ1n) is 4.85. The van der Waals surface area contributed by atoms with Crippen molar-refractivity contribution < 1.29 is 0 Å². The molecule has 0 bridgehead atoms. The third-order valence-electron chi connectivity index (χ3n) is 2.41. The second kappa shape index (κ2) is 4.88. The van der Waals surface area contributed by atoms with Crippen molar-refractivity contribution in [3.05, 3.63) is 55.1 Å². The van der Waals surface area contributed by atoms with E-state index in [0.29, 0.717) is 0 Å². The van der Waals surface area contributed by atoms with Gasteiger partial charge in [-0.15, -0.1) is 11.3 Å². The third-order valence-corrected chi connectivity index (χ3v) is 4.97. The van der Waals surface area contributed by atoms with Crippen LogP contribution in [0.1, 0.15) is 22.0 Å². The van der Waals surface area contributed by atoms with Gasteiger partial charge in [-0.05, 0) is 34.5 Å². The molecule has 16 heavy (non-hydrogen) atoms. The molecule has 1 unspecified atom stereocenters. The van der Waals surface area contributed by atoms with Crippen LogP contribution in [0.25, 0.3) is 0 Å². The molecule has 0 fully saturated rings. The zero-order valence-electron chi connectivity index (χ0n) is 8.71. The Morgan fingerprint density at radius 1 is 1.31 bits per heavy atom. The van der Waals surface area contributed by atoms with Crippen LogP contribution in [0.15, 0.2) is 34.8 Å². The predicted octanol–water partition coefficient (Wildman–Crippen LogP) is 4.52. The Kier molecular flexibility index (Phi) is 3.70. The van der Waals surface area contributed by atoms with Gasteiger partial charge in [-0.1, -0.05) is 41.4 Å². The Morgan fingerprint density at radius 2 is 1.94 bits per heavy atom. The minimum absolute atomic E-state index is 0.102. The number of rotatable bonds is 2. The van der Waals surface area contributed by atoms with E-state index in [0.717, 1.165) is 19.2 Å². The first-order chi connectivity index (χ1) is 7.58. The molecule has 1 atom stereocenters. The van der Waals surface area contributed by atoms with Crippen molar-refractivity contribution in [2.24, 2.45) is 5.73 Å². The van der Waals surface area contributed by atoms with E-state index < -0.39 is 0 Å². The minimum atomic E-state index is -0.102. The lowest BCUT2D eigenvalue weighted by atomic mass is 10.0. The highest BCUT2D eigenvalue weighted by Crippen LogP contribution is 2.36. The largest absolute Gasteiger partial charge is 0.320 e. The number of aryl methyl sites for hydroxylation is 1. The smallest absolute Gasteiger partial charge is 0.107 e. The van der Waals surface area contributed by atoms with Crippen LogP contribution in [0.3, 0.4) is 0 Å². The van der Waals surface area contributed by atoms with Crippen LogP contribution in [0, 0.1) is 6.92 Å².